The highest BCUT2D eigenvalue weighted by Gasteiger charge is 2.32. The zero-order valence-corrected chi connectivity index (χ0v) is 13.7. The number of hydrogen-bond acceptors (Lipinski definition) is 4. The van der Waals surface area contributed by atoms with E-state index in [1.165, 1.54) is 30.6 Å². The number of hydrogen-bond donors (Lipinski definition) is 1. The number of carboxylic acids is 1. The molecule has 3 rings (SSSR count). The van der Waals surface area contributed by atoms with E-state index in [0.29, 0.717) is 12.0 Å². The Morgan fingerprint density at radius 3 is 2.76 bits per heavy atom. The highest BCUT2D eigenvalue weighted by Crippen LogP contribution is 2.39. The fraction of sp³-hybridized carbons (Fsp3) is 0.750. The lowest BCUT2D eigenvalue weighted by Gasteiger charge is -2.36. The van der Waals surface area contributed by atoms with Crippen LogP contribution in [0.1, 0.15) is 61.9 Å². The van der Waals surface area contributed by atoms with Gasteiger partial charge >= 0.3 is 5.97 Å². The standard InChI is InChI=1S/C16H24N2O2S/c1-10-6-3-4-8-12(10)18(2)16-17-14-11(15(19)20)7-5-9-13(14)21-16/h10-12H,3-9H2,1-2H3,(H,19,20). The topological polar surface area (TPSA) is 53.4 Å². The summed E-state index contributed by atoms with van der Waals surface area (Å²) in [6.45, 7) is 2.33. The summed E-state index contributed by atoms with van der Waals surface area (Å²) >= 11 is 1.71. The number of fused-ring (bicyclic) bond motifs is 1. The summed E-state index contributed by atoms with van der Waals surface area (Å²) in [5, 5.41) is 10.4. The number of nitrogens with zero attached hydrogens (tertiary/aromatic N) is 2. The lowest BCUT2D eigenvalue weighted by molar-refractivity contribution is -0.139. The Kier molecular flexibility index (Phi) is 4.20. The molecule has 1 aromatic rings. The molecule has 2 aliphatic rings. The van der Waals surface area contributed by atoms with Crippen molar-refractivity contribution in [3.63, 3.8) is 0 Å². The van der Waals surface area contributed by atoms with Crippen molar-refractivity contribution < 1.29 is 9.90 Å². The molecule has 0 bridgehead atoms. The molecular formula is C16H24N2O2S. The van der Waals surface area contributed by atoms with Gasteiger partial charge in [-0.1, -0.05) is 19.8 Å². The number of aromatic nitrogens is 1. The van der Waals surface area contributed by atoms with Gasteiger partial charge in [-0.2, -0.15) is 0 Å². The SMILES string of the molecule is CC1CCCCC1N(C)c1nc2c(s1)CCCC2C(=O)O. The van der Waals surface area contributed by atoms with Crippen LogP contribution >= 0.6 is 11.3 Å². The fourth-order valence-corrected chi connectivity index (χ4v) is 4.99. The van der Waals surface area contributed by atoms with E-state index >= 15 is 0 Å². The maximum Gasteiger partial charge on any atom is 0.312 e. The van der Waals surface area contributed by atoms with E-state index in [4.69, 9.17) is 4.98 Å². The van der Waals surface area contributed by atoms with Gasteiger partial charge in [-0.15, -0.1) is 11.3 Å². The van der Waals surface area contributed by atoms with Gasteiger partial charge in [-0.3, -0.25) is 4.79 Å². The van der Waals surface area contributed by atoms with Crippen LogP contribution in [-0.4, -0.2) is 29.1 Å². The van der Waals surface area contributed by atoms with Crippen LogP contribution in [-0.2, 0) is 11.2 Å². The summed E-state index contributed by atoms with van der Waals surface area (Å²) in [7, 11) is 2.13. The molecule has 1 heterocycles. The van der Waals surface area contributed by atoms with Crippen LogP contribution in [0.2, 0.25) is 0 Å². The van der Waals surface area contributed by atoms with Crippen LogP contribution in [0, 0.1) is 5.92 Å². The molecule has 3 unspecified atom stereocenters. The average molecular weight is 308 g/mol. The molecule has 0 radical (unpaired) electrons. The largest absolute Gasteiger partial charge is 0.481 e. The van der Waals surface area contributed by atoms with Gasteiger partial charge in [0.25, 0.3) is 0 Å². The van der Waals surface area contributed by atoms with Crippen molar-refractivity contribution in [2.75, 3.05) is 11.9 Å². The molecule has 0 saturated heterocycles. The van der Waals surface area contributed by atoms with E-state index in [-0.39, 0.29) is 0 Å². The van der Waals surface area contributed by atoms with Crippen molar-refractivity contribution in [1.82, 2.24) is 4.98 Å². The first-order valence-corrected chi connectivity index (χ1v) is 8.85. The summed E-state index contributed by atoms with van der Waals surface area (Å²) in [4.78, 5) is 19.6. The molecule has 1 fully saturated rings. The van der Waals surface area contributed by atoms with Crippen LogP contribution in [0.5, 0.6) is 0 Å². The quantitative estimate of drug-likeness (QED) is 0.926. The third-order valence-corrected chi connectivity index (χ3v) is 6.33. The van der Waals surface area contributed by atoms with Crippen molar-refractivity contribution in [3.8, 4) is 0 Å². The van der Waals surface area contributed by atoms with Gasteiger partial charge in [0.15, 0.2) is 5.13 Å². The van der Waals surface area contributed by atoms with Crippen molar-refractivity contribution >= 4 is 22.4 Å². The number of rotatable bonds is 3. The summed E-state index contributed by atoms with van der Waals surface area (Å²) in [6.07, 6.45) is 7.83. The normalized spacial score (nSPS) is 29.0. The lowest BCUT2D eigenvalue weighted by atomic mass is 9.85. The number of carboxylic acid groups (broad SMARTS) is 1. The van der Waals surface area contributed by atoms with Gasteiger partial charge < -0.3 is 10.0 Å². The molecule has 1 N–H and O–H groups in total. The zero-order valence-electron chi connectivity index (χ0n) is 12.8. The Morgan fingerprint density at radius 2 is 2.05 bits per heavy atom. The second-order valence-corrected chi connectivity index (χ2v) is 7.59. The van der Waals surface area contributed by atoms with E-state index < -0.39 is 11.9 Å². The zero-order chi connectivity index (χ0) is 15.0. The van der Waals surface area contributed by atoms with E-state index in [2.05, 4.69) is 18.9 Å². The minimum atomic E-state index is -0.721. The van der Waals surface area contributed by atoms with Crippen LogP contribution in [0.15, 0.2) is 0 Å². The molecule has 3 atom stereocenters. The van der Waals surface area contributed by atoms with Crippen LogP contribution < -0.4 is 4.90 Å². The second-order valence-electron chi connectivity index (χ2n) is 6.53. The van der Waals surface area contributed by atoms with E-state index in [1.54, 1.807) is 11.3 Å². The second kappa shape index (κ2) is 5.95. The number of aryl methyl sites for hydroxylation is 1. The molecule has 1 aromatic heterocycles. The van der Waals surface area contributed by atoms with Gasteiger partial charge in [0.1, 0.15) is 5.92 Å². The van der Waals surface area contributed by atoms with E-state index in [1.807, 2.05) is 0 Å². The van der Waals surface area contributed by atoms with Crippen molar-refractivity contribution in [1.29, 1.82) is 0 Å². The van der Waals surface area contributed by atoms with E-state index in [0.717, 1.165) is 30.1 Å². The third-order valence-electron chi connectivity index (χ3n) is 5.11. The smallest absolute Gasteiger partial charge is 0.312 e. The fourth-order valence-electron chi connectivity index (χ4n) is 3.81. The van der Waals surface area contributed by atoms with Crippen LogP contribution in [0.3, 0.4) is 0 Å². The van der Waals surface area contributed by atoms with E-state index in [9.17, 15) is 9.90 Å². The average Bonchev–Trinajstić information content (AvgIpc) is 2.90. The predicted molar refractivity (Wildman–Crippen MR) is 85.3 cm³/mol. The lowest BCUT2D eigenvalue weighted by Crippen LogP contribution is -2.39. The Morgan fingerprint density at radius 1 is 1.29 bits per heavy atom. The van der Waals surface area contributed by atoms with Gasteiger partial charge in [0.05, 0.1) is 5.69 Å². The number of thiazole rings is 1. The molecule has 5 heteroatoms. The monoisotopic (exact) mass is 308 g/mol. The molecule has 0 amide bonds. The minimum absolute atomic E-state index is 0.393. The molecule has 0 aliphatic heterocycles. The summed E-state index contributed by atoms with van der Waals surface area (Å²) in [6, 6.07) is 0.551. The highest BCUT2D eigenvalue weighted by molar-refractivity contribution is 7.15. The van der Waals surface area contributed by atoms with Crippen molar-refractivity contribution in [2.24, 2.45) is 5.92 Å². The number of carbonyl (C=O) groups is 1. The predicted octanol–water partition coefficient (Wildman–Crippen LogP) is 3.66. The number of aliphatic carboxylic acids is 1. The molecular weight excluding hydrogens is 284 g/mol. The molecule has 4 nitrogen and oxygen atoms in total. The Labute approximate surface area is 130 Å². The highest BCUT2D eigenvalue weighted by atomic mass is 32.1. The first kappa shape index (κ1) is 14.8. The van der Waals surface area contributed by atoms with Gasteiger partial charge in [-0.25, -0.2) is 4.98 Å². The molecule has 116 valence electrons. The van der Waals surface area contributed by atoms with Gasteiger partial charge in [0.2, 0.25) is 0 Å². The Balaban J connectivity index is 1.85. The summed E-state index contributed by atoms with van der Waals surface area (Å²) < 4.78 is 0. The van der Waals surface area contributed by atoms with Gasteiger partial charge in [0, 0.05) is 18.0 Å². The third kappa shape index (κ3) is 2.80. The molecule has 21 heavy (non-hydrogen) atoms. The van der Waals surface area contributed by atoms with Crippen LogP contribution in [0.4, 0.5) is 5.13 Å². The van der Waals surface area contributed by atoms with Crippen molar-refractivity contribution in [2.45, 2.75) is 63.8 Å². The Bertz CT molecular complexity index is 528. The van der Waals surface area contributed by atoms with Crippen LogP contribution in [0.25, 0.3) is 0 Å². The Hall–Kier alpha value is -1.10. The molecule has 0 aromatic carbocycles. The van der Waals surface area contributed by atoms with Crippen molar-refractivity contribution in [3.05, 3.63) is 10.6 Å². The molecule has 1 saturated carbocycles. The minimum Gasteiger partial charge on any atom is -0.481 e. The first-order valence-electron chi connectivity index (χ1n) is 8.03. The maximum absolute atomic E-state index is 11.4. The summed E-state index contributed by atoms with van der Waals surface area (Å²) in [5.41, 5.74) is 0.837. The summed E-state index contributed by atoms with van der Waals surface area (Å²) in [5.74, 6) is -0.419. The maximum atomic E-state index is 11.4. The van der Waals surface area contributed by atoms with Gasteiger partial charge in [-0.05, 0) is 38.0 Å². The first-order chi connectivity index (χ1) is 10.1. The number of anilines is 1. The molecule has 0 spiro atoms. The molecule has 2 aliphatic carbocycles.